The second-order valence-electron chi connectivity index (χ2n) is 5.81. The molecule has 2 heterocycles. The number of nitrogens with zero attached hydrogens (tertiary/aromatic N) is 1. The van der Waals surface area contributed by atoms with E-state index in [0.717, 1.165) is 0 Å². The van der Waals surface area contributed by atoms with E-state index < -0.39 is 7.66 Å². The van der Waals surface area contributed by atoms with Gasteiger partial charge in [0.2, 0.25) is 0 Å². The van der Waals surface area contributed by atoms with Gasteiger partial charge in [0.25, 0.3) is 0 Å². The first-order chi connectivity index (χ1) is 12.9. The van der Waals surface area contributed by atoms with E-state index in [-0.39, 0.29) is 63.2 Å². The van der Waals surface area contributed by atoms with Crippen LogP contribution in [0.4, 0.5) is 0 Å². The van der Waals surface area contributed by atoms with Gasteiger partial charge in [0.1, 0.15) is 0 Å². The van der Waals surface area contributed by atoms with Gasteiger partial charge >= 0.3 is 201 Å². The van der Waals surface area contributed by atoms with E-state index in [1.165, 1.54) is 4.67 Å². The Morgan fingerprint density at radius 1 is 0.464 bits per heavy atom. The van der Waals surface area contributed by atoms with Crippen LogP contribution >= 0.6 is 100 Å². The van der Waals surface area contributed by atoms with Gasteiger partial charge < -0.3 is 0 Å². The molecule has 2 aliphatic heterocycles. The predicted molar refractivity (Wildman–Crippen MR) is 116 cm³/mol. The Balaban J connectivity index is 1.98. The van der Waals surface area contributed by atoms with Crippen LogP contribution < -0.4 is 18.1 Å². The first-order valence-electron chi connectivity index (χ1n) is 7.15. The summed E-state index contributed by atoms with van der Waals surface area (Å²) < 4.78 is 25.6. The molecule has 0 atom stereocenters. The van der Waals surface area contributed by atoms with Crippen molar-refractivity contribution in [3.63, 3.8) is 0 Å². The Bertz CT molecular complexity index is 918. The third kappa shape index (κ3) is 2.62. The van der Waals surface area contributed by atoms with Crippen molar-refractivity contribution in [2.24, 2.45) is 0 Å². The fraction of sp³-hybridized carbons (Fsp3) is 0.143. The van der Waals surface area contributed by atoms with Crippen molar-refractivity contribution >= 4 is 100 Å². The van der Waals surface area contributed by atoms with E-state index in [0.29, 0.717) is 0 Å². The van der Waals surface area contributed by atoms with Gasteiger partial charge in [-0.3, -0.25) is 0 Å². The summed E-state index contributed by atoms with van der Waals surface area (Å²) in [7, 11) is -1.49. The van der Waals surface area contributed by atoms with Gasteiger partial charge in [-0.1, -0.05) is 0 Å². The normalized spacial score (nSPS) is 19.2. The third-order valence-corrected chi connectivity index (χ3v) is 10.8. The molecule has 28 heavy (non-hydrogen) atoms. The Hall–Kier alpha value is 0.350. The number of halogens is 8. The van der Waals surface area contributed by atoms with Gasteiger partial charge in [-0.15, -0.1) is 0 Å². The molecular formula is C14H6Cl8NO4P. The minimum atomic E-state index is -4.66. The van der Waals surface area contributed by atoms with Gasteiger partial charge in [-0.25, -0.2) is 0 Å². The molecule has 1 spiro atoms. The van der Waals surface area contributed by atoms with E-state index >= 15 is 0 Å². The van der Waals surface area contributed by atoms with Crippen LogP contribution in [0.3, 0.4) is 0 Å². The van der Waals surface area contributed by atoms with Crippen LogP contribution in [-0.4, -0.2) is 18.8 Å². The van der Waals surface area contributed by atoms with Crippen LogP contribution in [0, 0.1) is 0 Å². The van der Waals surface area contributed by atoms with Crippen molar-refractivity contribution < 1.29 is 18.1 Å². The molecule has 4 rings (SSSR count). The fourth-order valence-electron chi connectivity index (χ4n) is 2.56. The first kappa shape index (κ1) is 21.6. The molecule has 14 heteroatoms. The van der Waals surface area contributed by atoms with Gasteiger partial charge in [-0.05, 0) is 0 Å². The number of fused-ring (bicyclic) bond motifs is 2. The molecule has 2 aromatic carbocycles. The molecule has 0 N–H and O–H groups in total. The van der Waals surface area contributed by atoms with Crippen molar-refractivity contribution in [2.75, 3.05) is 14.1 Å². The summed E-state index contributed by atoms with van der Waals surface area (Å²) in [6, 6.07) is 0. The van der Waals surface area contributed by atoms with Gasteiger partial charge in [0.15, 0.2) is 0 Å². The van der Waals surface area contributed by atoms with Crippen LogP contribution in [0.2, 0.25) is 40.2 Å². The zero-order valence-electron chi connectivity index (χ0n) is 13.6. The van der Waals surface area contributed by atoms with Crippen LogP contribution in [0.25, 0.3) is 0 Å². The number of hydrogen-bond acceptors (Lipinski definition) is 5. The van der Waals surface area contributed by atoms with Gasteiger partial charge in [0, 0.05) is 0 Å². The molecule has 0 aliphatic carbocycles. The topological polar surface area (TPSA) is 40.2 Å². The summed E-state index contributed by atoms with van der Waals surface area (Å²) in [5, 5.41) is -0.231. The maximum atomic E-state index is 6.29. The van der Waals surface area contributed by atoms with E-state index in [1.54, 1.807) is 14.1 Å². The summed E-state index contributed by atoms with van der Waals surface area (Å²) in [6.45, 7) is 0. The Labute approximate surface area is 199 Å². The molecular weight excluding hydrogens is 561 g/mol. The molecule has 0 amide bonds. The number of hydrogen-bond donors (Lipinski definition) is 0. The molecule has 0 bridgehead atoms. The summed E-state index contributed by atoms with van der Waals surface area (Å²) >= 11 is 49.6. The van der Waals surface area contributed by atoms with Crippen molar-refractivity contribution in [2.45, 2.75) is 0 Å². The van der Waals surface area contributed by atoms with Crippen LogP contribution in [0.5, 0.6) is 23.0 Å². The molecule has 0 aromatic heterocycles. The average molecular weight is 567 g/mol. The predicted octanol–water partition coefficient (Wildman–Crippen LogP) is 8.85. The number of rotatable bonds is 1. The Kier molecular flexibility index (Phi) is 5.14. The summed E-state index contributed by atoms with van der Waals surface area (Å²) in [6.07, 6.45) is 0. The van der Waals surface area contributed by atoms with Crippen molar-refractivity contribution in [3.8, 4) is 23.0 Å². The molecule has 2 aromatic rings. The van der Waals surface area contributed by atoms with E-state index in [4.69, 9.17) is 111 Å². The molecule has 0 fully saturated rings. The average Bonchev–Trinajstić information content (AvgIpc) is 3.20. The molecule has 0 radical (unpaired) electrons. The Morgan fingerprint density at radius 3 is 0.857 bits per heavy atom. The fourth-order valence-corrected chi connectivity index (χ4v) is 7.36. The molecule has 152 valence electrons. The molecule has 0 saturated carbocycles. The zero-order chi connectivity index (χ0) is 20.8. The molecule has 0 saturated heterocycles. The van der Waals surface area contributed by atoms with Crippen LogP contribution in [-0.2, 0) is 0 Å². The van der Waals surface area contributed by atoms with E-state index in [1.807, 2.05) is 0 Å². The number of benzene rings is 2. The van der Waals surface area contributed by atoms with Crippen LogP contribution in [0.15, 0.2) is 0 Å². The standard InChI is InChI=1S/C14H6Cl8NO4P/c1-23(2)28(24-11-7(19)3(15)4(16)8(20)12(11)25-28)26-13-9(21)5(17)6(18)10(22)14(13)27-28/h1-2H3. The van der Waals surface area contributed by atoms with Crippen LogP contribution in [0.1, 0.15) is 0 Å². The maximum absolute atomic E-state index is 6.29. The van der Waals surface area contributed by atoms with E-state index in [2.05, 4.69) is 0 Å². The summed E-state index contributed by atoms with van der Waals surface area (Å²) in [4.78, 5) is 0. The SMILES string of the molecule is CN(C)P12(Oc3c(Cl)c(Cl)c(Cl)c(Cl)c3O1)Oc1c(Cl)c(Cl)c(Cl)c(Cl)c1O2. The summed E-state index contributed by atoms with van der Waals surface area (Å²) in [5.41, 5.74) is 0. The quantitative estimate of drug-likeness (QED) is 0.196. The van der Waals surface area contributed by atoms with Crippen molar-refractivity contribution in [3.05, 3.63) is 40.2 Å². The molecule has 0 unspecified atom stereocenters. The zero-order valence-corrected chi connectivity index (χ0v) is 20.5. The molecule has 2 aliphatic rings. The van der Waals surface area contributed by atoms with Gasteiger partial charge in [-0.2, -0.15) is 0 Å². The second-order valence-corrected chi connectivity index (χ2v) is 11.9. The summed E-state index contributed by atoms with van der Waals surface area (Å²) in [5.74, 6) is -0.0382. The monoisotopic (exact) mass is 563 g/mol. The molecule has 5 nitrogen and oxygen atoms in total. The Morgan fingerprint density at radius 2 is 0.679 bits per heavy atom. The van der Waals surface area contributed by atoms with E-state index in [9.17, 15) is 0 Å². The van der Waals surface area contributed by atoms with Gasteiger partial charge in [0.05, 0.1) is 0 Å². The third-order valence-electron chi connectivity index (χ3n) is 3.99. The van der Waals surface area contributed by atoms with Crippen molar-refractivity contribution in [1.29, 1.82) is 0 Å². The van der Waals surface area contributed by atoms with Crippen molar-refractivity contribution in [1.82, 2.24) is 4.67 Å². The minimum absolute atomic E-state index is 0.00956. The second kappa shape index (κ2) is 6.67. The first-order valence-corrected chi connectivity index (χ1v) is 12.0.